The Hall–Kier alpha value is -3.79. The molecule has 0 unspecified atom stereocenters. The number of imidazole rings is 1. The highest BCUT2D eigenvalue weighted by atomic mass is 16.6. The zero-order chi connectivity index (χ0) is 24.1. The standard InChI is InChI=1S/C26H24N2O7/c1-32-21-10-17-16(27-26(28-17)35-22-12-34-24-20(31)11-33-25(22)24)9-15(21)13-5-7-14(8-6-13)23-18(29)3-2-4-19(23)30/h2-10,20,22,24-25,29-31H,11-12H2,1H3,(H,27,28)/t20-,22-,24-,25-/m1/s1. The number of hydrogen-bond acceptors (Lipinski definition) is 8. The third-order valence-corrected chi connectivity index (χ3v) is 6.53. The number of phenolic OH excluding ortho intramolecular Hbond substituents is 2. The molecule has 35 heavy (non-hydrogen) atoms. The lowest BCUT2D eigenvalue weighted by Crippen LogP contribution is -2.34. The topological polar surface area (TPSA) is 126 Å². The zero-order valence-corrected chi connectivity index (χ0v) is 18.8. The van der Waals surface area contributed by atoms with Crippen LogP contribution in [-0.2, 0) is 9.47 Å². The van der Waals surface area contributed by atoms with Gasteiger partial charge in [-0.25, -0.2) is 0 Å². The maximum absolute atomic E-state index is 10.2. The summed E-state index contributed by atoms with van der Waals surface area (Å²) in [5.74, 6) is 0.673. The van der Waals surface area contributed by atoms with Gasteiger partial charge in [0.1, 0.15) is 35.6 Å². The van der Waals surface area contributed by atoms with Crippen LogP contribution in [-0.4, -0.2) is 70.0 Å². The van der Waals surface area contributed by atoms with Crippen LogP contribution in [0, 0.1) is 0 Å². The van der Waals surface area contributed by atoms with Crippen molar-refractivity contribution in [3.05, 3.63) is 54.6 Å². The molecule has 180 valence electrons. The number of ether oxygens (including phenoxy) is 4. The SMILES string of the molecule is COc1cc2[nH]c(O[C@@H]3CO[C@H]4[C@@H]3OC[C@H]4O)nc2cc1-c1ccc(-c2c(O)cccc2O)cc1. The summed E-state index contributed by atoms with van der Waals surface area (Å²) in [6, 6.07) is 16.2. The second-order valence-corrected chi connectivity index (χ2v) is 8.68. The number of rotatable bonds is 5. The van der Waals surface area contributed by atoms with Gasteiger partial charge in [-0.15, -0.1) is 0 Å². The van der Waals surface area contributed by atoms with E-state index >= 15 is 0 Å². The van der Waals surface area contributed by atoms with Crippen molar-refractivity contribution < 1.29 is 34.3 Å². The Kier molecular flexibility index (Phi) is 5.25. The third-order valence-electron chi connectivity index (χ3n) is 6.53. The van der Waals surface area contributed by atoms with Gasteiger partial charge in [-0.3, -0.25) is 0 Å². The van der Waals surface area contributed by atoms with Gasteiger partial charge in [-0.05, 0) is 29.3 Å². The number of phenols is 2. The molecule has 2 saturated heterocycles. The summed E-state index contributed by atoms with van der Waals surface area (Å²) in [6.07, 6.45) is -1.71. The van der Waals surface area contributed by atoms with Crippen molar-refractivity contribution >= 4 is 11.0 Å². The highest BCUT2D eigenvalue weighted by Gasteiger charge is 2.48. The average molecular weight is 476 g/mol. The first-order chi connectivity index (χ1) is 17.0. The molecule has 3 aromatic carbocycles. The van der Waals surface area contributed by atoms with Crippen LogP contribution in [0.1, 0.15) is 0 Å². The Morgan fingerprint density at radius 2 is 1.66 bits per heavy atom. The first kappa shape index (κ1) is 21.7. The molecule has 3 heterocycles. The number of fused-ring (bicyclic) bond motifs is 2. The molecule has 4 N–H and O–H groups in total. The van der Waals surface area contributed by atoms with Crippen molar-refractivity contribution in [1.29, 1.82) is 0 Å². The fourth-order valence-corrected chi connectivity index (χ4v) is 4.79. The van der Waals surface area contributed by atoms with Gasteiger partial charge < -0.3 is 39.3 Å². The van der Waals surface area contributed by atoms with E-state index in [-0.39, 0.29) is 36.4 Å². The molecule has 2 fully saturated rings. The minimum absolute atomic E-state index is 0.0114. The molecule has 0 saturated carbocycles. The van der Waals surface area contributed by atoms with Crippen LogP contribution < -0.4 is 9.47 Å². The number of aliphatic hydroxyl groups is 1. The van der Waals surface area contributed by atoms with Gasteiger partial charge in [-0.2, -0.15) is 4.98 Å². The first-order valence-corrected chi connectivity index (χ1v) is 11.3. The molecule has 6 rings (SSSR count). The molecule has 0 spiro atoms. The Morgan fingerprint density at radius 1 is 0.943 bits per heavy atom. The zero-order valence-electron chi connectivity index (χ0n) is 18.8. The number of H-pyrrole nitrogens is 1. The monoisotopic (exact) mass is 476 g/mol. The second-order valence-electron chi connectivity index (χ2n) is 8.68. The smallest absolute Gasteiger partial charge is 0.295 e. The second kappa shape index (κ2) is 8.46. The van der Waals surface area contributed by atoms with E-state index in [1.165, 1.54) is 12.1 Å². The summed E-state index contributed by atoms with van der Waals surface area (Å²) in [6.45, 7) is 0.551. The van der Waals surface area contributed by atoms with Crippen molar-refractivity contribution in [2.24, 2.45) is 0 Å². The molecular formula is C26H24N2O7. The Balaban J connectivity index is 1.30. The number of aromatic amines is 1. The van der Waals surface area contributed by atoms with Gasteiger partial charge in [-0.1, -0.05) is 30.3 Å². The molecule has 2 aliphatic heterocycles. The molecule has 0 amide bonds. The minimum atomic E-state index is -0.641. The number of nitrogens with one attached hydrogen (secondary N) is 1. The van der Waals surface area contributed by atoms with Gasteiger partial charge in [0.2, 0.25) is 0 Å². The highest BCUT2D eigenvalue weighted by Crippen LogP contribution is 2.39. The van der Waals surface area contributed by atoms with Gasteiger partial charge >= 0.3 is 0 Å². The predicted molar refractivity (Wildman–Crippen MR) is 127 cm³/mol. The van der Waals surface area contributed by atoms with Crippen LogP contribution in [0.25, 0.3) is 33.3 Å². The van der Waals surface area contributed by atoms with E-state index in [1.54, 1.807) is 13.2 Å². The Morgan fingerprint density at radius 3 is 2.40 bits per heavy atom. The molecule has 4 aromatic rings. The maximum atomic E-state index is 10.2. The summed E-state index contributed by atoms with van der Waals surface area (Å²) >= 11 is 0. The molecule has 1 aromatic heterocycles. The molecule has 9 heteroatoms. The summed E-state index contributed by atoms with van der Waals surface area (Å²) < 4.78 is 22.9. The van der Waals surface area contributed by atoms with Crippen molar-refractivity contribution in [2.75, 3.05) is 20.3 Å². The van der Waals surface area contributed by atoms with Crippen molar-refractivity contribution in [3.8, 4) is 45.5 Å². The summed E-state index contributed by atoms with van der Waals surface area (Å²) in [4.78, 5) is 7.75. The molecule has 9 nitrogen and oxygen atoms in total. The van der Waals surface area contributed by atoms with E-state index in [0.29, 0.717) is 35.0 Å². The number of nitrogens with zero attached hydrogens (tertiary/aromatic N) is 1. The number of methoxy groups -OCH3 is 1. The summed E-state index contributed by atoms with van der Waals surface area (Å²) in [5, 5.41) is 30.3. The Labute approximate surface area is 200 Å². The van der Waals surface area contributed by atoms with Crippen molar-refractivity contribution in [1.82, 2.24) is 9.97 Å². The fourth-order valence-electron chi connectivity index (χ4n) is 4.79. The largest absolute Gasteiger partial charge is 0.507 e. The van der Waals surface area contributed by atoms with Gasteiger partial charge in [0.15, 0.2) is 6.10 Å². The van der Waals surface area contributed by atoms with Gasteiger partial charge in [0.25, 0.3) is 6.01 Å². The normalized spacial score (nSPS) is 23.5. The van der Waals surface area contributed by atoms with Crippen LogP contribution in [0.2, 0.25) is 0 Å². The average Bonchev–Trinajstić information content (AvgIpc) is 3.55. The molecule has 0 aliphatic carbocycles. The number of aliphatic hydroxyl groups excluding tert-OH is 1. The first-order valence-electron chi connectivity index (χ1n) is 11.3. The van der Waals surface area contributed by atoms with Crippen LogP contribution >= 0.6 is 0 Å². The number of benzene rings is 3. The van der Waals surface area contributed by atoms with Crippen LogP contribution in [0.5, 0.6) is 23.3 Å². The maximum Gasteiger partial charge on any atom is 0.295 e. The van der Waals surface area contributed by atoms with E-state index < -0.39 is 6.10 Å². The van der Waals surface area contributed by atoms with Crippen molar-refractivity contribution in [2.45, 2.75) is 24.4 Å². The molecular weight excluding hydrogens is 452 g/mol. The van der Waals surface area contributed by atoms with E-state index in [4.69, 9.17) is 18.9 Å². The number of hydrogen-bond donors (Lipinski definition) is 4. The molecule has 0 radical (unpaired) electrons. The minimum Gasteiger partial charge on any atom is -0.507 e. The quantitative estimate of drug-likeness (QED) is 0.346. The van der Waals surface area contributed by atoms with Crippen LogP contribution in [0.4, 0.5) is 0 Å². The van der Waals surface area contributed by atoms with E-state index in [9.17, 15) is 15.3 Å². The van der Waals surface area contributed by atoms with Crippen molar-refractivity contribution in [3.63, 3.8) is 0 Å². The third kappa shape index (κ3) is 3.74. The van der Waals surface area contributed by atoms with Gasteiger partial charge in [0, 0.05) is 11.6 Å². The molecule has 2 aliphatic rings. The van der Waals surface area contributed by atoms with Crippen LogP contribution in [0.3, 0.4) is 0 Å². The lowest BCUT2D eigenvalue weighted by molar-refractivity contribution is 0.00706. The molecule has 0 bridgehead atoms. The number of aromatic nitrogens is 2. The lowest BCUT2D eigenvalue weighted by atomic mass is 9.98. The summed E-state index contributed by atoms with van der Waals surface area (Å²) in [5.41, 5.74) is 4.23. The lowest BCUT2D eigenvalue weighted by Gasteiger charge is -2.15. The summed E-state index contributed by atoms with van der Waals surface area (Å²) in [7, 11) is 1.60. The fraction of sp³-hybridized carbons (Fsp3) is 0.269. The highest BCUT2D eigenvalue weighted by molar-refractivity contribution is 5.87. The predicted octanol–water partition coefficient (Wildman–Crippen LogP) is 3.22. The Bertz CT molecular complexity index is 1360. The van der Waals surface area contributed by atoms with Gasteiger partial charge in [0.05, 0.1) is 36.9 Å². The van der Waals surface area contributed by atoms with E-state index in [0.717, 1.165) is 16.6 Å². The van der Waals surface area contributed by atoms with Crippen LogP contribution in [0.15, 0.2) is 54.6 Å². The van der Waals surface area contributed by atoms with E-state index in [1.807, 2.05) is 36.4 Å². The van der Waals surface area contributed by atoms with E-state index in [2.05, 4.69) is 9.97 Å². The molecule has 4 atom stereocenters. The number of aromatic hydroxyl groups is 2.